The molecule has 28 heavy (non-hydrogen) atoms. The van der Waals surface area contributed by atoms with Crippen molar-refractivity contribution in [1.29, 1.82) is 0 Å². The van der Waals surface area contributed by atoms with Crippen LogP contribution in [-0.2, 0) is 43.1 Å². The molecular weight excluding hydrogens is 469 g/mol. The monoisotopic (exact) mass is 482 g/mol. The molecule has 0 radical (unpaired) electrons. The van der Waals surface area contributed by atoms with Gasteiger partial charge in [0.05, 0.1) is 12.2 Å². The summed E-state index contributed by atoms with van der Waals surface area (Å²) in [5.41, 5.74) is -1.86. The van der Waals surface area contributed by atoms with Crippen molar-refractivity contribution in [2.45, 2.75) is 24.4 Å². The van der Waals surface area contributed by atoms with Crippen LogP contribution in [0, 0.1) is 0 Å². The van der Waals surface area contributed by atoms with Crippen molar-refractivity contribution in [3.63, 3.8) is 0 Å². The second-order valence-electron chi connectivity index (χ2n) is 5.53. The number of aromatic amines is 2. The molecule has 0 spiro atoms. The van der Waals surface area contributed by atoms with Gasteiger partial charge in [0.2, 0.25) is 0 Å². The van der Waals surface area contributed by atoms with Gasteiger partial charge in [-0.25, -0.2) is 22.5 Å². The van der Waals surface area contributed by atoms with E-state index in [4.69, 9.17) is 21.1 Å². The van der Waals surface area contributed by atoms with Crippen molar-refractivity contribution in [3.8, 4) is 0 Å². The topological polar surface area (TPSA) is 227 Å². The summed E-state index contributed by atoms with van der Waals surface area (Å²) in [4.78, 5) is 45.5. The first-order valence-corrected chi connectivity index (χ1v) is 12.7. The second-order valence-corrected chi connectivity index (χ2v) is 11.9. The zero-order chi connectivity index (χ0) is 20.9. The Morgan fingerprint density at radius 3 is 2.29 bits per heavy atom. The van der Waals surface area contributed by atoms with Gasteiger partial charge in [-0.3, -0.25) is 9.78 Å². The summed E-state index contributed by atoms with van der Waals surface area (Å²) in [7, 11) is -10.1. The first-order chi connectivity index (χ1) is 12.8. The SMILES string of the molecule is O=c1[nH]cc([C@@H]2O[C@H](COP3(=S)OP(=O)(O)OP(=O)(O)O3)[C@H](O)C2O)c(=O)[nH]1. The molecule has 3 heterocycles. The van der Waals surface area contributed by atoms with Gasteiger partial charge in [0.15, 0.2) is 0 Å². The molecule has 0 aromatic carbocycles. The van der Waals surface area contributed by atoms with E-state index in [9.17, 15) is 38.7 Å². The van der Waals surface area contributed by atoms with E-state index in [0.717, 1.165) is 6.20 Å². The van der Waals surface area contributed by atoms with Crippen molar-refractivity contribution < 1.29 is 51.3 Å². The maximum Gasteiger partial charge on any atom is 0.488 e. The van der Waals surface area contributed by atoms with E-state index in [-0.39, 0.29) is 5.56 Å². The van der Waals surface area contributed by atoms with Gasteiger partial charge >= 0.3 is 28.1 Å². The smallest absolute Gasteiger partial charge is 0.387 e. The van der Waals surface area contributed by atoms with Gasteiger partial charge < -0.3 is 34.2 Å². The Kier molecular flexibility index (Phi) is 6.00. The molecule has 3 rings (SSSR count). The molecule has 1 aromatic rings. The summed E-state index contributed by atoms with van der Waals surface area (Å²) in [6.07, 6.45) is -4.97. The number of aliphatic hydroxyl groups excluding tert-OH is 2. The summed E-state index contributed by atoms with van der Waals surface area (Å²) >= 11 is 4.72. The minimum Gasteiger partial charge on any atom is -0.387 e. The van der Waals surface area contributed by atoms with Crippen LogP contribution in [0.2, 0.25) is 0 Å². The molecule has 15 nitrogen and oxygen atoms in total. The van der Waals surface area contributed by atoms with Crippen LogP contribution in [0.1, 0.15) is 11.7 Å². The fourth-order valence-electron chi connectivity index (χ4n) is 2.41. The van der Waals surface area contributed by atoms with Gasteiger partial charge in [0.25, 0.3) is 5.56 Å². The van der Waals surface area contributed by atoms with Gasteiger partial charge in [-0.05, 0) is 11.8 Å². The predicted octanol–water partition coefficient (Wildman–Crippen LogP) is -1.27. The first kappa shape index (κ1) is 22.1. The molecule has 6 atom stereocenters. The molecule has 3 unspecified atom stereocenters. The quantitative estimate of drug-likeness (QED) is 0.275. The van der Waals surface area contributed by atoms with Crippen molar-refractivity contribution in [2.75, 3.05) is 6.61 Å². The van der Waals surface area contributed by atoms with Gasteiger partial charge in [-0.2, -0.15) is 4.31 Å². The first-order valence-electron chi connectivity index (χ1n) is 7.18. The molecular formula is C9H13N2O13P3S. The normalized spacial score (nSPS) is 43.9. The molecule has 2 aliphatic rings. The summed E-state index contributed by atoms with van der Waals surface area (Å²) < 4.78 is 45.9. The summed E-state index contributed by atoms with van der Waals surface area (Å²) in [5.74, 6) is 0. The van der Waals surface area contributed by atoms with E-state index in [1.807, 2.05) is 4.98 Å². The standard InChI is InChI=1S/C9H13N2O13P3S/c12-5-4(2-20-27(28)23-25(16,17)22-26(18,19)24-27)21-7(6(5)13)3-1-10-9(15)11-8(3)14/h1,4-7,12-13H,2H2,(H,16,17)(H,18,19)(H2,10,11,14,15)/t4-,5+,6?,7+/m1/s1. The highest BCUT2D eigenvalue weighted by Gasteiger charge is 2.52. The molecule has 0 amide bonds. The lowest BCUT2D eigenvalue weighted by atomic mass is 10.0. The van der Waals surface area contributed by atoms with Crippen LogP contribution in [0.5, 0.6) is 0 Å². The average Bonchev–Trinajstić information content (AvgIpc) is 2.78. The Labute approximate surface area is 159 Å². The number of H-pyrrole nitrogens is 2. The lowest BCUT2D eigenvalue weighted by Crippen LogP contribution is -2.34. The lowest BCUT2D eigenvalue weighted by Gasteiger charge is -2.30. The van der Waals surface area contributed by atoms with Crippen LogP contribution < -0.4 is 11.2 Å². The highest BCUT2D eigenvalue weighted by Crippen LogP contribution is 2.80. The third-order valence-corrected chi connectivity index (χ3v) is 10.4. The fourth-order valence-corrected chi connectivity index (χ4v) is 9.05. The molecule has 2 fully saturated rings. The van der Waals surface area contributed by atoms with E-state index in [1.54, 1.807) is 0 Å². The van der Waals surface area contributed by atoms with E-state index < -0.39 is 64.6 Å². The van der Waals surface area contributed by atoms with Gasteiger partial charge in [-0.1, -0.05) is 0 Å². The largest absolute Gasteiger partial charge is 0.488 e. The van der Waals surface area contributed by atoms with Crippen LogP contribution >= 0.6 is 22.4 Å². The number of hydrogen-bond acceptors (Lipinski definition) is 12. The number of nitrogens with one attached hydrogen (secondary N) is 2. The highest BCUT2D eigenvalue weighted by molar-refractivity contribution is 8.11. The van der Waals surface area contributed by atoms with Crippen molar-refractivity contribution in [1.82, 2.24) is 9.97 Å². The molecule has 2 saturated heterocycles. The Hall–Kier alpha value is -0.570. The number of aromatic nitrogens is 2. The number of ether oxygens (including phenoxy) is 1. The lowest BCUT2D eigenvalue weighted by molar-refractivity contribution is -0.0202. The molecule has 19 heteroatoms. The zero-order valence-electron chi connectivity index (χ0n) is 13.3. The van der Waals surface area contributed by atoms with Gasteiger partial charge in [0, 0.05) is 6.20 Å². The average molecular weight is 482 g/mol. The maximum absolute atomic E-state index is 11.8. The minimum atomic E-state index is -5.04. The molecule has 2 aliphatic heterocycles. The molecule has 0 bridgehead atoms. The van der Waals surface area contributed by atoms with E-state index in [1.165, 1.54) is 0 Å². The number of phosphoric acid groups is 2. The van der Waals surface area contributed by atoms with Gasteiger partial charge in [0.1, 0.15) is 24.4 Å². The van der Waals surface area contributed by atoms with Crippen LogP contribution in [0.25, 0.3) is 0 Å². The minimum absolute atomic E-state index is 0.199. The van der Waals surface area contributed by atoms with Crippen molar-refractivity contribution in [2.24, 2.45) is 0 Å². The van der Waals surface area contributed by atoms with E-state index in [0.29, 0.717) is 0 Å². The van der Waals surface area contributed by atoms with Gasteiger partial charge in [-0.15, -0.1) is 0 Å². The predicted molar refractivity (Wildman–Crippen MR) is 90.5 cm³/mol. The number of aliphatic hydroxyl groups is 2. The molecule has 0 saturated carbocycles. The molecule has 1 aromatic heterocycles. The zero-order valence-corrected chi connectivity index (χ0v) is 16.8. The Morgan fingerprint density at radius 1 is 1.11 bits per heavy atom. The third-order valence-electron chi connectivity index (χ3n) is 3.53. The van der Waals surface area contributed by atoms with Crippen LogP contribution in [-0.4, -0.2) is 54.9 Å². The Balaban J connectivity index is 1.74. The van der Waals surface area contributed by atoms with Crippen molar-refractivity contribution in [3.05, 3.63) is 32.6 Å². The van der Waals surface area contributed by atoms with Crippen LogP contribution in [0.4, 0.5) is 0 Å². The van der Waals surface area contributed by atoms with E-state index in [2.05, 4.69) is 17.9 Å². The Bertz CT molecular complexity index is 995. The molecule has 158 valence electrons. The fraction of sp³-hybridized carbons (Fsp3) is 0.556. The maximum atomic E-state index is 11.8. The molecule has 6 N–H and O–H groups in total. The van der Waals surface area contributed by atoms with Crippen LogP contribution in [0.3, 0.4) is 0 Å². The summed E-state index contributed by atoms with van der Waals surface area (Å²) in [6.45, 7) is -4.98. The highest BCUT2D eigenvalue weighted by atomic mass is 32.5. The molecule has 0 aliphatic carbocycles. The summed E-state index contributed by atoms with van der Waals surface area (Å²) in [5, 5.41) is 20.2. The Morgan fingerprint density at radius 2 is 1.71 bits per heavy atom. The van der Waals surface area contributed by atoms with E-state index >= 15 is 0 Å². The second kappa shape index (κ2) is 7.60. The summed E-state index contributed by atoms with van der Waals surface area (Å²) in [6, 6.07) is 0. The number of hydrogen-bond donors (Lipinski definition) is 6. The van der Waals surface area contributed by atoms with Crippen LogP contribution in [0.15, 0.2) is 15.8 Å². The third kappa shape index (κ3) is 4.77. The van der Waals surface area contributed by atoms with Crippen molar-refractivity contribution >= 4 is 34.2 Å². The number of rotatable bonds is 4.